The average molecular weight is 498 g/mol. The van der Waals surface area contributed by atoms with Gasteiger partial charge in [-0.1, -0.05) is 0 Å². The lowest BCUT2D eigenvalue weighted by Crippen LogP contribution is -2.15. The van der Waals surface area contributed by atoms with Crippen molar-refractivity contribution in [2.24, 2.45) is 0 Å². The Morgan fingerprint density at radius 1 is 0.853 bits per heavy atom. The zero-order chi connectivity index (χ0) is 24.3. The molecule has 0 saturated carbocycles. The van der Waals surface area contributed by atoms with Crippen LogP contribution in [0.25, 0.3) is 11.3 Å². The zero-order valence-corrected chi connectivity index (χ0v) is 20.6. The van der Waals surface area contributed by atoms with Crippen molar-refractivity contribution in [3.63, 3.8) is 0 Å². The molecule has 0 amide bonds. The molecule has 9 nitrogen and oxygen atoms in total. The van der Waals surface area contributed by atoms with Crippen LogP contribution in [-0.4, -0.2) is 37.6 Å². The van der Waals surface area contributed by atoms with E-state index in [1.54, 1.807) is 46.3 Å². The van der Waals surface area contributed by atoms with Gasteiger partial charge in [0.05, 0.1) is 24.8 Å². The quantitative estimate of drug-likeness (QED) is 0.357. The van der Waals surface area contributed by atoms with Gasteiger partial charge in [-0.3, -0.25) is 0 Å². The predicted octanol–water partition coefficient (Wildman–Crippen LogP) is 4.78. The number of sulfonamides is 1. The topological polar surface area (TPSA) is 115 Å². The highest BCUT2D eigenvalue weighted by Gasteiger charge is 2.16. The third-order valence-electron chi connectivity index (χ3n) is 4.81. The van der Waals surface area contributed by atoms with Gasteiger partial charge in [0, 0.05) is 28.0 Å². The molecule has 2 aromatic heterocycles. The summed E-state index contributed by atoms with van der Waals surface area (Å²) in [6.45, 7) is 3.56. The molecule has 0 fully saturated rings. The fourth-order valence-corrected chi connectivity index (χ4v) is 4.93. The summed E-state index contributed by atoms with van der Waals surface area (Å²) in [5.41, 5.74) is 3.74. The molecule has 0 aliphatic carbocycles. The number of methoxy groups -OCH3 is 2. The van der Waals surface area contributed by atoms with E-state index < -0.39 is 10.0 Å². The maximum Gasteiger partial charge on any atom is 0.264 e. The highest BCUT2D eigenvalue weighted by atomic mass is 32.2. The van der Waals surface area contributed by atoms with Crippen molar-refractivity contribution in [1.82, 2.24) is 15.0 Å². The molecular formula is C23H23N5O4S2. The fourth-order valence-electron chi connectivity index (χ4n) is 3.25. The summed E-state index contributed by atoms with van der Waals surface area (Å²) in [6, 6.07) is 13.7. The largest absolute Gasteiger partial charge is 0.493 e. The van der Waals surface area contributed by atoms with Crippen LogP contribution in [0.5, 0.6) is 11.5 Å². The summed E-state index contributed by atoms with van der Waals surface area (Å²) in [6.07, 6.45) is 0. The third kappa shape index (κ3) is 5.26. The predicted molar refractivity (Wildman–Crippen MR) is 133 cm³/mol. The molecule has 11 heteroatoms. The second-order valence-corrected chi connectivity index (χ2v) is 9.88. The lowest BCUT2D eigenvalue weighted by atomic mass is 10.1. The lowest BCUT2D eigenvalue weighted by Gasteiger charge is -2.09. The standard InChI is InChI=1S/C23H23N5O4S2/c1-14-11-15(2)25-22(24-14)28-34(29,30)18-8-6-17(7-9-18)26-23-27-19(13-33-23)16-5-10-20(31-3)21(12-16)32-4/h5-13H,1-4H3,(H,26,27)(H,24,25,28). The molecule has 2 aromatic carbocycles. The molecule has 2 heterocycles. The van der Waals surface area contributed by atoms with Gasteiger partial charge in [0.15, 0.2) is 16.6 Å². The normalized spacial score (nSPS) is 11.2. The molecule has 0 bridgehead atoms. The molecular weight excluding hydrogens is 474 g/mol. The van der Waals surface area contributed by atoms with Crippen LogP contribution in [-0.2, 0) is 10.0 Å². The van der Waals surface area contributed by atoms with Crippen molar-refractivity contribution < 1.29 is 17.9 Å². The van der Waals surface area contributed by atoms with E-state index in [1.807, 2.05) is 23.6 Å². The summed E-state index contributed by atoms with van der Waals surface area (Å²) in [5.74, 6) is 1.32. The Kier molecular flexibility index (Phi) is 6.66. The van der Waals surface area contributed by atoms with E-state index in [1.165, 1.54) is 23.5 Å². The summed E-state index contributed by atoms with van der Waals surface area (Å²) in [7, 11) is -0.642. The van der Waals surface area contributed by atoms with Gasteiger partial charge in [-0.25, -0.2) is 28.1 Å². The molecule has 0 saturated heterocycles. The van der Waals surface area contributed by atoms with Crippen LogP contribution in [0.3, 0.4) is 0 Å². The molecule has 0 aliphatic heterocycles. The maximum absolute atomic E-state index is 12.7. The minimum absolute atomic E-state index is 0.0465. The number of nitrogens with one attached hydrogen (secondary N) is 2. The number of hydrogen-bond acceptors (Lipinski definition) is 9. The van der Waals surface area contributed by atoms with Crippen molar-refractivity contribution in [3.8, 4) is 22.8 Å². The van der Waals surface area contributed by atoms with Crippen LogP contribution >= 0.6 is 11.3 Å². The molecule has 0 atom stereocenters. The number of ether oxygens (including phenoxy) is 2. The number of thiazole rings is 1. The molecule has 34 heavy (non-hydrogen) atoms. The number of rotatable bonds is 8. The van der Waals surface area contributed by atoms with E-state index >= 15 is 0 Å². The molecule has 4 rings (SSSR count). The monoisotopic (exact) mass is 497 g/mol. The van der Waals surface area contributed by atoms with Crippen LogP contribution in [0.4, 0.5) is 16.8 Å². The first-order valence-corrected chi connectivity index (χ1v) is 12.5. The van der Waals surface area contributed by atoms with Gasteiger partial charge in [0.2, 0.25) is 5.95 Å². The smallest absolute Gasteiger partial charge is 0.264 e. The number of anilines is 3. The van der Waals surface area contributed by atoms with E-state index in [2.05, 4.69) is 25.0 Å². The Morgan fingerprint density at radius 2 is 1.53 bits per heavy atom. The van der Waals surface area contributed by atoms with E-state index in [0.29, 0.717) is 33.7 Å². The van der Waals surface area contributed by atoms with Crippen molar-refractivity contribution >= 4 is 38.1 Å². The van der Waals surface area contributed by atoms with Crippen molar-refractivity contribution in [2.75, 3.05) is 24.3 Å². The van der Waals surface area contributed by atoms with E-state index in [9.17, 15) is 8.42 Å². The van der Waals surface area contributed by atoms with Gasteiger partial charge >= 0.3 is 0 Å². The Morgan fingerprint density at radius 3 is 2.18 bits per heavy atom. The number of nitrogens with zero attached hydrogens (tertiary/aromatic N) is 3. The Hall–Kier alpha value is -3.70. The van der Waals surface area contributed by atoms with Crippen molar-refractivity contribution in [3.05, 3.63) is 65.3 Å². The molecule has 176 valence electrons. The highest BCUT2D eigenvalue weighted by molar-refractivity contribution is 7.92. The lowest BCUT2D eigenvalue weighted by molar-refractivity contribution is 0.355. The molecule has 0 spiro atoms. The van der Waals surface area contributed by atoms with Gasteiger partial charge in [-0.15, -0.1) is 11.3 Å². The first kappa shape index (κ1) is 23.5. The van der Waals surface area contributed by atoms with Gasteiger partial charge < -0.3 is 14.8 Å². The van der Waals surface area contributed by atoms with Crippen LogP contribution in [0, 0.1) is 13.8 Å². The van der Waals surface area contributed by atoms with E-state index in [-0.39, 0.29) is 10.8 Å². The fraction of sp³-hybridized carbons (Fsp3) is 0.174. The second-order valence-electron chi connectivity index (χ2n) is 7.34. The van der Waals surface area contributed by atoms with Gasteiger partial charge in [-0.2, -0.15) is 0 Å². The van der Waals surface area contributed by atoms with E-state index in [0.717, 1.165) is 11.3 Å². The SMILES string of the molecule is COc1ccc(-c2csc(Nc3ccc(S(=O)(=O)Nc4nc(C)cc(C)n4)cc3)n2)cc1OC. The number of aryl methyl sites for hydroxylation is 2. The van der Waals surface area contributed by atoms with Crippen LogP contribution in [0.15, 0.2) is 58.8 Å². The van der Waals surface area contributed by atoms with E-state index in [4.69, 9.17) is 9.47 Å². The third-order valence-corrected chi connectivity index (χ3v) is 6.91. The number of benzene rings is 2. The van der Waals surface area contributed by atoms with Crippen LogP contribution < -0.4 is 19.5 Å². The minimum atomic E-state index is -3.82. The summed E-state index contributed by atoms with van der Waals surface area (Å²) in [4.78, 5) is 13.0. The highest BCUT2D eigenvalue weighted by Crippen LogP contribution is 2.34. The molecule has 4 aromatic rings. The molecule has 0 aliphatic rings. The summed E-state index contributed by atoms with van der Waals surface area (Å²) in [5, 5.41) is 5.80. The van der Waals surface area contributed by atoms with Crippen molar-refractivity contribution in [1.29, 1.82) is 0 Å². The first-order valence-electron chi connectivity index (χ1n) is 10.2. The Balaban J connectivity index is 1.48. The Labute approximate surface area is 201 Å². The second kappa shape index (κ2) is 9.65. The first-order chi connectivity index (χ1) is 16.3. The zero-order valence-electron chi connectivity index (χ0n) is 19.0. The maximum atomic E-state index is 12.7. The number of aromatic nitrogens is 3. The molecule has 0 radical (unpaired) electrons. The van der Waals surface area contributed by atoms with Crippen molar-refractivity contribution in [2.45, 2.75) is 18.7 Å². The number of hydrogen-bond donors (Lipinski definition) is 2. The average Bonchev–Trinajstić information content (AvgIpc) is 3.26. The van der Waals surface area contributed by atoms with Gasteiger partial charge in [0.1, 0.15) is 0 Å². The summed E-state index contributed by atoms with van der Waals surface area (Å²) < 4.78 is 38.5. The van der Waals surface area contributed by atoms with Crippen LogP contribution in [0.1, 0.15) is 11.4 Å². The summed E-state index contributed by atoms with van der Waals surface area (Å²) >= 11 is 1.44. The minimum Gasteiger partial charge on any atom is -0.493 e. The Bertz CT molecular complexity index is 1400. The van der Waals surface area contributed by atoms with Gasteiger partial charge in [0.25, 0.3) is 10.0 Å². The molecule has 2 N–H and O–H groups in total. The molecule has 0 unspecified atom stereocenters. The van der Waals surface area contributed by atoms with Gasteiger partial charge in [-0.05, 0) is 62.4 Å². The van der Waals surface area contributed by atoms with Crippen LogP contribution in [0.2, 0.25) is 0 Å².